The first-order valence-corrected chi connectivity index (χ1v) is 6.47. The molecule has 2 N–H and O–H groups in total. The summed E-state index contributed by atoms with van der Waals surface area (Å²) in [5.41, 5.74) is 0. The van der Waals surface area contributed by atoms with Crippen LogP contribution in [0.4, 0.5) is 4.79 Å². The lowest BCUT2D eigenvalue weighted by Crippen LogP contribution is -2.35. The fourth-order valence-electron chi connectivity index (χ4n) is 2.16. The van der Waals surface area contributed by atoms with E-state index in [0.717, 1.165) is 12.8 Å². The average Bonchev–Trinajstić information content (AvgIpc) is 2.56. The molecule has 2 amide bonds. The van der Waals surface area contributed by atoms with Crippen molar-refractivity contribution in [1.29, 1.82) is 5.41 Å². The Balaban J connectivity index is 2.36. The van der Waals surface area contributed by atoms with Crippen LogP contribution in [-0.2, 0) is 0 Å². The Hall–Kier alpha value is -1.32. The lowest BCUT2D eigenvalue weighted by molar-refractivity contribution is 0.209. The average molecular weight is 237 g/mol. The monoisotopic (exact) mass is 237 g/mol. The van der Waals surface area contributed by atoms with Gasteiger partial charge in [0.25, 0.3) is 0 Å². The number of amidine groups is 1. The van der Waals surface area contributed by atoms with Gasteiger partial charge in [-0.2, -0.15) is 0 Å². The van der Waals surface area contributed by atoms with Crippen molar-refractivity contribution in [3.05, 3.63) is 12.7 Å². The summed E-state index contributed by atoms with van der Waals surface area (Å²) in [7, 11) is 0. The molecule has 0 spiro atoms. The minimum absolute atomic E-state index is 0.0675. The number of hydrogen-bond acceptors (Lipinski definition) is 2. The summed E-state index contributed by atoms with van der Waals surface area (Å²) in [6.07, 6.45) is 8.62. The Morgan fingerprint density at radius 3 is 2.76 bits per heavy atom. The van der Waals surface area contributed by atoms with E-state index in [1.165, 1.54) is 25.7 Å². The molecule has 1 fully saturated rings. The van der Waals surface area contributed by atoms with Gasteiger partial charge in [0.05, 0.1) is 6.04 Å². The van der Waals surface area contributed by atoms with Gasteiger partial charge in [-0.1, -0.05) is 45.1 Å². The van der Waals surface area contributed by atoms with Crippen LogP contribution in [0.5, 0.6) is 0 Å². The van der Waals surface area contributed by atoms with E-state index >= 15 is 0 Å². The van der Waals surface area contributed by atoms with E-state index in [9.17, 15) is 4.79 Å². The van der Waals surface area contributed by atoms with E-state index in [4.69, 9.17) is 5.41 Å². The molecule has 4 nitrogen and oxygen atoms in total. The van der Waals surface area contributed by atoms with Gasteiger partial charge < -0.3 is 4.90 Å². The van der Waals surface area contributed by atoms with E-state index < -0.39 is 0 Å². The minimum Gasteiger partial charge on any atom is -0.311 e. The minimum atomic E-state index is -0.159. The van der Waals surface area contributed by atoms with E-state index in [-0.39, 0.29) is 12.1 Å². The normalized spacial score (nSPS) is 19.6. The van der Waals surface area contributed by atoms with Gasteiger partial charge >= 0.3 is 6.03 Å². The lowest BCUT2D eigenvalue weighted by atomic mass is 10.1. The molecule has 1 unspecified atom stereocenters. The molecular weight excluding hydrogens is 214 g/mol. The summed E-state index contributed by atoms with van der Waals surface area (Å²) >= 11 is 0. The maximum atomic E-state index is 11.5. The first kappa shape index (κ1) is 13.7. The molecule has 1 atom stereocenters. The lowest BCUT2D eigenvalue weighted by Gasteiger charge is -2.20. The van der Waals surface area contributed by atoms with E-state index in [0.29, 0.717) is 12.4 Å². The molecule has 17 heavy (non-hydrogen) atoms. The van der Waals surface area contributed by atoms with Gasteiger partial charge in [-0.05, 0) is 6.42 Å². The summed E-state index contributed by atoms with van der Waals surface area (Å²) in [6, 6.07) is -0.226. The van der Waals surface area contributed by atoms with Gasteiger partial charge in [-0.25, -0.2) is 4.79 Å². The number of unbranched alkanes of at least 4 members (excludes halogenated alkanes) is 4. The number of rotatable bonds is 8. The third kappa shape index (κ3) is 3.88. The van der Waals surface area contributed by atoms with Crippen LogP contribution < -0.4 is 5.32 Å². The highest BCUT2D eigenvalue weighted by Crippen LogP contribution is 2.16. The van der Waals surface area contributed by atoms with Crippen molar-refractivity contribution in [1.82, 2.24) is 10.2 Å². The zero-order valence-corrected chi connectivity index (χ0v) is 10.7. The van der Waals surface area contributed by atoms with Crippen molar-refractivity contribution in [3.8, 4) is 0 Å². The Morgan fingerprint density at radius 2 is 2.12 bits per heavy atom. The van der Waals surface area contributed by atoms with Crippen molar-refractivity contribution >= 4 is 11.9 Å². The highest BCUT2D eigenvalue weighted by molar-refractivity contribution is 6.05. The summed E-state index contributed by atoms with van der Waals surface area (Å²) in [5.74, 6) is 0.340. The molecule has 1 heterocycles. The van der Waals surface area contributed by atoms with Crippen LogP contribution in [0.2, 0.25) is 0 Å². The van der Waals surface area contributed by atoms with Crippen molar-refractivity contribution < 1.29 is 4.79 Å². The van der Waals surface area contributed by atoms with Crippen LogP contribution in [0.15, 0.2) is 12.7 Å². The van der Waals surface area contributed by atoms with Crippen molar-refractivity contribution in [2.24, 2.45) is 0 Å². The summed E-state index contributed by atoms with van der Waals surface area (Å²) in [6.45, 7) is 6.36. The van der Waals surface area contributed by atoms with Crippen LogP contribution in [0.25, 0.3) is 0 Å². The van der Waals surface area contributed by atoms with Crippen LogP contribution in [0.3, 0.4) is 0 Å². The highest BCUT2D eigenvalue weighted by Gasteiger charge is 2.33. The van der Waals surface area contributed by atoms with Gasteiger partial charge in [0, 0.05) is 6.54 Å². The second-order valence-corrected chi connectivity index (χ2v) is 4.50. The van der Waals surface area contributed by atoms with Crippen LogP contribution >= 0.6 is 0 Å². The summed E-state index contributed by atoms with van der Waals surface area (Å²) in [4.78, 5) is 13.2. The number of carbonyl (C=O) groups is 1. The van der Waals surface area contributed by atoms with Crippen molar-refractivity contribution in [2.45, 2.75) is 51.5 Å². The van der Waals surface area contributed by atoms with Crippen molar-refractivity contribution in [3.63, 3.8) is 0 Å². The summed E-state index contributed by atoms with van der Waals surface area (Å²) < 4.78 is 0. The molecular formula is C13H23N3O. The molecule has 0 aliphatic carbocycles. The molecule has 0 bridgehead atoms. The molecule has 1 saturated heterocycles. The highest BCUT2D eigenvalue weighted by atomic mass is 16.2. The van der Waals surface area contributed by atoms with Gasteiger partial charge in [0.1, 0.15) is 5.84 Å². The van der Waals surface area contributed by atoms with E-state index in [1.807, 2.05) is 0 Å². The molecule has 0 aromatic carbocycles. The molecule has 0 radical (unpaired) electrons. The molecule has 4 heteroatoms. The number of nitrogens with zero attached hydrogens (tertiary/aromatic N) is 1. The second-order valence-electron chi connectivity index (χ2n) is 4.50. The number of urea groups is 1. The van der Waals surface area contributed by atoms with Gasteiger partial charge in [-0.15, -0.1) is 6.58 Å². The maximum Gasteiger partial charge on any atom is 0.323 e. The zero-order chi connectivity index (χ0) is 12.7. The standard InChI is InChI=1S/C13H23N3O/c1-3-5-6-7-8-9-11-12(14)15-13(17)16(11)10-4-2/h4,11H,2-3,5-10H2,1H3,(H2,14,15,17). The molecule has 0 aromatic heterocycles. The third-order valence-electron chi connectivity index (χ3n) is 3.12. The van der Waals surface area contributed by atoms with Gasteiger partial charge in [-0.3, -0.25) is 10.7 Å². The fraction of sp³-hybridized carbons (Fsp3) is 0.692. The molecule has 1 rings (SSSR count). The Bertz CT molecular complexity index is 288. The third-order valence-corrected chi connectivity index (χ3v) is 3.12. The number of carbonyl (C=O) groups excluding carboxylic acids is 1. The Morgan fingerprint density at radius 1 is 1.41 bits per heavy atom. The smallest absolute Gasteiger partial charge is 0.311 e. The number of nitrogens with one attached hydrogen (secondary N) is 2. The van der Waals surface area contributed by atoms with Crippen LogP contribution in [0, 0.1) is 5.41 Å². The molecule has 0 aromatic rings. The topological polar surface area (TPSA) is 56.2 Å². The maximum absolute atomic E-state index is 11.5. The predicted molar refractivity (Wildman–Crippen MR) is 70.3 cm³/mol. The zero-order valence-electron chi connectivity index (χ0n) is 10.7. The van der Waals surface area contributed by atoms with Crippen LogP contribution in [0.1, 0.15) is 45.4 Å². The second kappa shape index (κ2) is 7.09. The SMILES string of the molecule is C=CCN1C(=O)NC(=N)C1CCCCCCC. The Kier molecular flexibility index (Phi) is 5.73. The largest absolute Gasteiger partial charge is 0.323 e. The molecule has 1 aliphatic rings. The summed E-state index contributed by atoms with van der Waals surface area (Å²) in [5, 5.41) is 10.3. The van der Waals surface area contributed by atoms with E-state index in [2.05, 4.69) is 18.8 Å². The van der Waals surface area contributed by atoms with Gasteiger partial charge in [0.15, 0.2) is 0 Å². The quantitative estimate of drug-likeness (QED) is 0.495. The van der Waals surface area contributed by atoms with E-state index in [1.54, 1.807) is 11.0 Å². The van der Waals surface area contributed by atoms with Gasteiger partial charge in [0.2, 0.25) is 0 Å². The van der Waals surface area contributed by atoms with Crippen LogP contribution in [-0.4, -0.2) is 29.4 Å². The Labute approximate surface area is 104 Å². The molecule has 0 saturated carbocycles. The molecule has 1 aliphatic heterocycles. The van der Waals surface area contributed by atoms with Crippen molar-refractivity contribution in [2.75, 3.05) is 6.54 Å². The number of hydrogen-bond donors (Lipinski definition) is 2. The first-order valence-electron chi connectivity index (χ1n) is 6.47. The molecule has 96 valence electrons. The predicted octanol–water partition coefficient (Wildman–Crippen LogP) is 2.90. The fourth-order valence-corrected chi connectivity index (χ4v) is 2.16. The first-order chi connectivity index (χ1) is 8.20. The number of amides is 2.